The molecule has 1 N–H and O–H groups in total. The van der Waals surface area contributed by atoms with Crippen molar-refractivity contribution in [2.24, 2.45) is 5.92 Å². The third kappa shape index (κ3) is 2.19. The van der Waals surface area contributed by atoms with E-state index in [1.807, 2.05) is 0 Å². The summed E-state index contributed by atoms with van der Waals surface area (Å²) < 4.78 is 5.13. The van der Waals surface area contributed by atoms with E-state index >= 15 is 0 Å². The molecule has 1 saturated carbocycles. The van der Waals surface area contributed by atoms with Crippen molar-refractivity contribution in [3.8, 4) is 0 Å². The standard InChI is InChI=1S/C8H14O3/c1-11-7-4-2-6(3-5-7)8(9)10/h6-7H,2-5H2,1H3,(H,9,10)/t6-,7+. The van der Waals surface area contributed by atoms with E-state index in [1.54, 1.807) is 7.11 Å². The molecular formula is C8H14O3. The fraction of sp³-hybridized carbons (Fsp3) is 0.875. The van der Waals surface area contributed by atoms with Crippen LogP contribution in [0.1, 0.15) is 25.7 Å². The molecule has 0 aromatic heterocycles. The average molecular weight is 158 g/mol. The maximum atomic E-state index is 10.5. The first-order valence-corrected chi connectivity index (χ1v) is 3.99. The van der Waals surface area contributed by atoms with Crippen molar-refractivity contribution in [3.63, 3.8) is 0 Å². The molecule has 0 bridgehead atoms. The first-order chi connectivity index (χ1) is 5.24. The predicted octanol–water partition coefficient (Wildman–Crippen LogP) is 1.28. The number of carboxylic acid groups (broad SMARTS) is 1. The molecule has 0 unspecified atom stereocenters. The lowest BCUT2D eigenvalue weighted by molar-refractivity contribution is -0.143. The second-order valence-corrected chi connectivity index (χ2v) is 3.05. The number of hydrogen-bond acceptors (Lipinski definition) is 2. The maximum absolute atomic E-state index is 10.5. The minimum Gasteiger partial charge on any atom is -0.481 e. The highest BCUT2D eigenvalue weighted by atomic mass is 16.5. The summed E-state index contributed by atoms with van der Waals surface area (Å²) in [5.41, 5.74) is 0. The highest BCUT2D eigenvalue weighted by Gasteiger charge is 2.25. The molecule has 0 radical (unpaired) electrons. The third-order valence-corrected chi connectivity index (χ3v) is 2.36. The van der Waals surface area contributed by atoms with Gasteiger partial charge >= 0.3 is 5.97 Å². The topological polar surface area (TPSA) is 46.5 Å². The van der Waals surface area contributed by atoms with Crippen molar-refractivity contribution >= 4 is 5.97 Å². The van der Waals surface area contributed by atoms with Crippen molar-refractivity contribution in [2.45, 2.75) is 31.8 Å². The second kappa shape index (κ2) is 3.72. The Kier molecular flexibility index (Phi) is 2.88. The predicted molar refractivity (Wildman–Crippen MR) is 40.4 cm³/mol. The molecule has 3 heteroatoms. The van der Waals surface area contributed by atoms with Gasteiger partial charge in [0.2, 0.25) is 0 Å². The first kappa shape index (κ1) is 8.53. The fourth-order valence-corrected chi connectivity index (χ4v) is 1.55. The Morgan fingerprint density at radius 1 is 1.36 bits per heavy atom. The summed E-state index contributed by atoms with van der Waals surface area (Å²) in [7, 11) is 1.69. The largest absolute Gasteiger partial charge is 0.481 e. The Labute approximate surface area is 66.4 Å². The minimum atomic E-state index is -0.653. The Morgan fingerprint density at radius 2 is 1.91 bits per heavy atom. The molecule has 1 aliphatic rings. The molecule has 64 valence electrons. The van der Waals surface area contributed by atoms with Gasteiger partial charge < -0.3 is 9.84 Å². The van der Waals surface area contributed by atoms with Gasteiger partial charge in [0, 0.05) is 7.11 Å². The lowest BCUT2D eigenvalue weighted by atomic mass is 9.87. The van der Waals surface area contributed by atoms with E-state index in [0.29, 0.717) is 6.10 Å². The third-order valence-electron chi connectivity index (χ3n) is 2.36. The lowest BCUT2D eigenvalue weighted by Gasteiger charge is -2.24. The van der Waals surface area contributed by atoms with E-state index in [0.717, 1.165) is 25.7 Å². The van der Waals surface area contributed by atoms with Crippen LogP contribution in [0.25, 0.3) is 0 Å². The molecule has 0 aromatic rings. The van der Waals surface area contributed by atoms with Crippen LogP contribution in [0.5, 0.6) is 0 Å². The zero-order chi connectivity index (χ0) is 8.27. The number of rotatable bonds is 2. The van der Waals surface area contributed by atoms with Gasteiger partial charge in [-0.3, -0.25) is 4.79 Å². The van der Waals surface area contributed by atoms with Crippen LogP contribution < -0.4 is 0 Å². The molecule has 1 rings (SSSR count). The number of aliphatic carboxylic acids is 1. The van der Waals surface area contributed by atoms with Crippen LogP contribution in [0.2, 0.25) is 0 Å². The molecule has 0 saturated heterocycles. The average Bonchev–Trinajstić information content (AvgIpc) is 2.05. The molecule has 1 fully saturated rings. The van der Waals surface area contributed by atoms with E-state index in [1.165, 1.54) is 0 Å². The van der Waals surface area contributed by atoms with Gasteiger partial charge in [0.05, 0.1) is 12.0 Å². The molecule has 0 amide bonds. The summed E-state index contributed by atoms with van der Waals surface area (Å²) in [6.07, 6.45) is 3.63. The summed E-state index contributed by atoms with van der Waals surface area (Å²) >= 11 is 0. The van der Waals surface area contributed by atoms with E-state index in [9.17, 15) is 4.79 Å². The van der Waals surface area contributed by atoms with E-state index in [2.05, 4.69) is 0 Å². The Morgan fingerprint density at radius 3 is 2.27 bits per heavy atom. The molecule has 0 aliphatic heterocycles. The van der Waals surface area contributed by atoms with Gasteiger partial charge in [-0.2, -0.15) is 0 Å². The van der Waals surface area contributed by atoms with E-state index < -0.39 is 5.97 Å². The zero-order valence-corrected chi connectivity index (χ0v) is 6.75. The van der Waals surface area contributed by atoms with E-state index in [4.69, 9.17) is 9.84 Å². The smallest absolute Gasteiger partial charge is 0.306 e. The van der Waals surface area contributed by atoms with Crippen LogP contribution >= 0.6 is 0 Å². The van der Waals surface area contributed by atoms with Gasteiger partial charge in [-0.25, -0.2) is 0 Å². The summed E-state index contributed by atoms with van der Waals surface area (Å²) in [4.78, 5) is 10.5. The summed E-state index contributed by atoms with van der Waals surface area (Å²) in [5, 5.41) is 8.66. The van der Waals surface area contributed by atoms with Crippen molar-refractivity contribution in [1.82, 2.24) is 0 Å². The quantitative estimate of drug-likeness (QED) is 0.658. The fourth-order valence-electron chi connectivity index (χ4n) is 1.55. The van der Waals surface area contributed by atoms with Crippen molar-refractivity contribution < 1.29 is 14.6 Å². The van der Waals surface area contributed by atoms with Gasteiger partial charge in [0.15, 0.2) is 0 Å². The van der Waals surface area contributed by atoms with Crippen LogP contribution in [0, 0.1) is 5.92 Å². The van der Waals surface area contributed by atoms with Crippen molar-refractivity contribution in [3.05, 3.63) is 0 Å². The highest BCUT2D eigenvalue weighted by Crippen LogP contribution is 2.25. The maximum Gasteiger partial charge on any atom is 0.306 e. The van der Waals surface area contributed by atoms with Crippen LogP contribution in [0.4, 0.5) is 0 Å². The van der Waals surface area contributed by atoms with Gasteiger partial charge in [0.25, 0.3) is 0 Å². The van der Waals surface area contributed by atoms with Crippen LogP contribution in [0.15, 0.2) is 0 Å². The van der Waals surface area contributed by atoms with Crippen LogP contribution in [0.3, 0.4) is 0 Å². The first-order valence-electron chi connectivity index (χ1n) is 3.99. The summed E-state index contributed by atoms with van der Waals surface area (Å²) in [5.74, 6) is -0.777. The molecule has 0 spiro atoms. The normalized spacial score (nSPS) is 31.7. The Bertz CT molecular complexity index is 136. The zero-order valence-electron chi connectivity index (χ0n) is 6.75. The van der Waals surface area contributed by atoms with Gasteiger partial charge in [-0.1, -0.05) is 0 Å². The SMILES string of the molecule is CO[C@H]1CC[C@@H](C(=O)O)CC1. The monoisotopic (exact) mass is 158 g/mol. The number of carboxylic acids is 1. The van der Waals surface area contributed by atoms with Crippen LogP contribution in [-0.4, -0.2) is 24.3 Å². The molecule has 3 nitrogen and oxygen atoms in total. The van der Waals surface area contributed by atoms with Gasteiger partial charge in [0.1, 0.15) is 0 Å². The number of carbonyl (C=O) groups is 1. The van der Waals surface area contributed by atoms with Gasteiger partial charge in [-0.15, -0.1) is 0 Å². The number of hydrogen-bond donors (Lipinski definition) is 1. The number of ether oxygens (including phenoxy) is 1. The molecular weight excluding hydrogens is 144 g/mol. The Hall–Kier alpha value is -0.570. The summed E-state index contributed by atoms with van der Waals surface area (Å²) in [6, 6.07) is 0. The highest BCUT2D eigenvalue weighted by molar-refractivity contribution is 5.69. The molecule has 0 aromatic carbocycles. The van der Waals surface area contributed by atoms with Gasteiger partial charge in [-0.05, 0) is 25.7 Å². The molecule has 0 atom stereocenters. The Balaban J connectivity index is 2.30. The molecule has 1 aliphatic carbocycles. The van der Waals surface area contributed by atoms with Crippen molar-refractivity contribution in [2.75, 3.05) is 7.11 Å². The lowest BCUT2D eigenvalue weighted by Crippen LogP contribution is -2.25. The second-order valence-electron chi connectivity index (χ2n) is 3.05. The van der Waals surface area contributed by atoms with E-state index in [-0.39, 0.29) is 5.92 Å². The van der Waals surface area contributed by atoms with Crippen molar-refractivity contribution in [1.29, 1.82) is 0 Å². The molecule has 0 heterocycles. The number of methoxy groups -OCH3 is 1. The minimum absolute atomic E-state index is 0.124. The summed E-state index contributed by atoms with van der Waals surface area (Å²) in [6.45, 7) is 0. The van der Waals surface area contributed by atoms with Crippen LogP contribution in [-0.2, 0) is 9.53 Å². The molecule has 11 heavy (non-hydrogen) atoms.